The highest BCUT2D eigenvalue weighted by atomic mass is 32.2. The van der Waals surface area contributed by atoms with Gasteiger partial charge in [-0.2, -0.15) is 0 Å². The minimum Gasteiger partial charge on any atom is -0.383 e. The van der Waals surface area contributed by atoms with E-state index >= 15 is 0 Å². The fourth-order valence-electron chi connectivity index (χ4n) is 2.15. The predicted molar refractivity (Wildman–Crippen MR) is 67.2 cm³/mol. The van der Waals surface area contributed by atoms with Crippen LogP contribution in [0.25, 0.3) is 0 Å². The molecular formula is C12H16N2OS. The predicted octanol–water partition coefficient (Wildman–Crippen LogP) is 1.87. The van der Waals surface area contributed by atoms with Crippen LogP contribution in [0.1, 0.15) is 11.6 Å². The molecule has 2 N–H and O–H groups in total. The summed E-state index contributed by atoms with van der Waals surface area (Å²) >= 11 is 1.94. The van der Waals surface area contributed by atoms with E-state index < -0.39 is 0 Å². The molecule has 16 heavy (non-hydrogen) atoms. The van der Waals surface area contributed by atoms with E-state index in [1.54, 1.807) is 0 Å². The van der Waals surface area contributed by atoms with Crippen LogP contribution in [0.5, 0.6) is 0 Å². The van der Waals surface area contributed by atoms with Crippen LogP contribution in [0.4, 0.5) is 5.69 Å². The highest BCUT2D eigenvalue weighted by Gasteiger charge is 2.17. The summed E-state index contributed by atoms with van der Waals surface area (Å²) in [7, 11) is 0. The maximum Gasteiger partial charge on any atom is 0.0662 e. The van der Waals surface area contributed by atoms with E-state index in [2.05, 4.69) is 28.8 Å². The van der Waals surface area contributed by atoms with Gasteiger partial charge in [0.25, 0.3) is 0 Å². The van der Waals surface area contributed by atoms with Gasteiger partial charge in [0.1, 0.15) is 0 Å². The van der Waals surface area contributed by atoms with Gasteiger partial charge in [0, 0.05) is 29.4 Å². The Hall–Kier alpha value is -0.710. The van der Waals surface area contributed by atoms with Crippen LogP contribution in [0.2, 0.25) is 0 Å². The lowest BCUT2D eigenvalue weighted by Crippen LogP contribution is -2.34. The largest absolute Gasteiger partial charge is 0.383 e. The van der Waals surface area contributed by atoms with Crippen molar-refractivity contribution in [3.8, 4) is 0 Å². The first-order valence-electron chi connectivity index (χ1n) is 5.75. The van der Waals surface area contributed by atoms with Crippen molar-refractivity contribution in [3.63, 3.8) is 0 Å². The zero-order valence-corrected chi connectivity index (χ0v) is 9.98. The SMILES string of the molecule is c1cc2c(cc1C1COCCN1)SCCN2. The second-order valence-corrected chi connectivity index (χ2v) is 5.25. The fraction of sp³-hybridized carbons (Fsp3) is 0.500. The third-order valence-corrected chi connectivity index (χ3v) is 4.06. The molecule has 0 spiro atoms. The van der Waals surface area contributed by atoms with Gasteiger partial charge in [-0.1, -0.05) is 6.07 Å². The molecule has 2 aliphatic heterocycles. The molecule has 1 unspecified atom stereocenters. The monoisotopic (exact) mass is 236 g/mol. The minimum absolute atomic E-state index is 0.363. The average Bonchev–Trinajstić information content (AvgIpc) is 2.39. The molecule has 0 bridgehead atoms. The normalized spacial score (nSPS) is 24.6. The number of fused-ring (bicyclic) bond motifs is 1. The number of thioether (sulfide) groups is 1. The fourth-order valence-corrected chi connectivity index (χ4v) is 3.09. The van der Waals surface area contributed by atoms with Gasteiger partial charge in [0.15, 0.2) is 0 Å². The number of anilines is 1. The van der Waals surface area contributed by atoms with E-state index in [-0.39, 0.29) is 0 Å². The standard InChI is InChI=1S/C12H16N2OS/c1-2-10-12(16-6-4-14-10)7-9(1)11-8-15-5-3-13-11/h1-2,7,11,13-14H,3-6,8H2. The maximum atomic E-state index is 5.50. The zero-order chi connectivity index (χ0) is 10.8. The molecule has 1 atom stereocenters. The van der Waals surface area contributed by atoms with Crippen LogP contribution in [0.3, 0.4) is 0 Å². The first-order chi connectivity index (χ1) is 7.93. The zero-order valence-electron chi connectivity index (χ0n) is 9.16. The first kappa shape index (κ1) is 10.4. The van der Waals surface area contributed by atoms with Crippen molar-refractivity contribution in [2.24, 2.45) is 0 Å². The molecule has 1 fully saturated rings. The molecule has 1 aromatic carbocycles. The molecule has 0 amide bonds. The van der Waals surface area contributed by atoms with Crippen LogP contribution in [0.15, 0.2) is 23.1 Å². The summed E-state index contributed by atoms with van der Waals surface area (Å²) in [5, 5.41) is 6.91. The minimum atomic E-state index is 0.363. The van der Waals surface area contributed by atoms with Gasteiger partial charge >= 0.3 is 0 Å². The molecule has 3 rings (SSSR count). The Kier molecular flexibility index (Phi) is 3.04. The summed E-state index contributed by atoms with van der Waals surface area (Å²) in [4.78, 5) is 1.37. The lowest BCUT2D eigenvalue weighted by atomic mass is 10.1. The van der Waals surface area contributed by atoms with E-state index in [1.807, 2.05) is 11.8 Å². The summed E-state index contributed by atoms with van der Waals surface area (Å²) in [6.07, 6.45) is 0. The van der Waals surface area contributed by atoms with Crippen LogP contribution >= 0.6 is 11.8 Å². The van der Waals surface area contributed by atoms with Crippen molar-refractivity contribution in [2.45, 2.75) is 10.9 Å². The third-order valence-electron chi connectivity index (χ3n) is 3.00. The smallest absolute Gasteiger partial charge is 0.0662 e. The third kappa shape index (κ3) is 2.05. The summed E-state index contributed by atoms with van der Waals surface area (Å²) in [5.41, 5.74) is 2.62. The van der Waals surface area contributed by atoms with Crippen LogP contribution in [0, 0.1) is 0 Å². The molecule has 0 radical (unpaired) electrons. The highest BCUT2D eigenvalue weighted by Crippen LogP contribution is 2.33. The van der Waals surface area contributed by atoms with Gasteiger partial charge < -0.3 is 15.4 Å². The van der Waals surface area contributed by atoms with Gasteiger partial charge in [0.05, 0.1) is 19.3 Å². The molecule has 0 saturated carbocycles. The number of ether oxygens (including phenoxy) is 1. The second-order valence-electron chi connectivity index (χ2n) is 4.11. The highest BCUT2D eigenvalue weighted by molar-refractivity contribution is 7.99. The Balaban J connectivity index is 1.84. The Labute approximate surface area is 99.9 Å². The number of hydrogen-bond acceptors (Lipinski definition) is 4. The molecule has 86 valence electrons. The quantitative estimate of drug-likeness (QED) is 0.780. The molecule has 0 aliphatic carbocycles. The summed E-state index contributed by atoms with van der Waals surface area (Å²) in [6.45, 7) is 3.64. The molecule has 0 aromatic heterocycles. The van der Waals surface area contributed by atoms with Crippen molar-refractivity contribution in [3.05, 3.63) is 23.8 Å². The molecule has 2 heterocycles. The first-order valence-corrected chi connectivity index (χ1v) is 6.74. The van der Waals surface area contributed by atoms with E-state index in [0.717, 1.165) is 32.1 Å². The molecule has 4 heteroatoms. The number of nitrogens with one attached hydrogen (secondary N) is 2. The van der Waals surface area contributed by atoms with E-state index in [0.29, 0.717) is 6.04 Å². The Morgan fingerprint density at radius 1 is 1.31 bits per heavy atom. The molecule has 2 aliphatic rings. The molecular weight excluding hydrogens is 220 g/mol. The molecule has 3 nitrogen and oxygen atoms in total. The Morgan fingerprint density at radius 2 is 2.31 bits per heavy atom. The number of morpholine rings is 1. The van der Waals surface area contributed by atoms with Gasteiger partial charge in [-0.25, -0.2) is 0 Å². The van der Waals surface area contributed by atoms with Crippen molar-refractivity contribution < 1.29 is 4.74 Å². The van der Waals surface area contributed by atoms with Crippen molar-refractivity contribution in [1.29, 1.82) is 0 Å². The maximum absolute atomic E-state index is 5.50. The number of rotatable bonds is 1. The second kappa shape index (κ2) is 4.65. The summed E-state index contributed by atoms with van der Waals surface area (Å²) < 4.78 is 5.50. The van der Waals surface area contributed by atoms with Gasteiger partial charge in [-0.15, -0.1) is 11.8 Å². The molecule has 1 aromatic rings. The van der Waals surface area contributed by atoms with Gasteiger partial charge in [-0.05, 0) is 17.7 Å². The van der Waals surface area contributed by atoms with Gasteiger partial charge in [0.2, 0.25) is 0 Å². The van der Waals surface area contributed by atoms with Crippen LogP contribution in [-0.2, 0) is 4.74 Å². The van der Waals surface area contributed by atoms with E-state index in [9.17, 15) is 0 Å². The van der Waals surface area contributed by atoms with E-state index in [1.165, 1.54) is 16.1 Å². The molecule has 1 saturated heterocycles. The van der Waals surface area contributed by atoms with Crippen molar-refractivity contribution in [2.75, 3.05) is 37.4 Å². The lowest BCUT2D eigenvalue weighted by Gasteiger charge is -2.26. The number of benzene rings is 1. The van der Waals surface area contributed by atoms with Crippen LogP contribution in [-0.4, -0.2) is 32.1 Å². The number of hydrogen-bond donors (Lipinski definition) is 2. The summed E-state index contributed by atoms with van der Waals surface area (Å²) in [5.74, 6) is 1.16. The Morgan fingerprint density at radius 3 is 3.19 bits per heavy atom. The van der Waals surface area contributed by atoms with Crippen molar-refractivity contribution >= 4 is 17.4 Å². The van der Waals surface area contributed by atoms with Crippen molar-refractivity contribution in [1.82, 2.24) is 5.32 Å². The summed E-state index contributed by atoms with van der Waals surface area (Å²) in [6, 6.07) is 7.04. The average molecular weight is 236 g/mol. The topological polar surface area (TPSA) is 33.3 Å². The van der Waals surface area contributed by atoms with Crippen LogP contribution < -0.4 is 10.6 Å². The Bertz CT molecular complexity index is 377. The van der Waals surface area contributed by atoms with Gasteiger partial charge in [-0.3, -0.25) is 0 Å². The lowest BCUT2D eigenvalue weighted by molar-refractivity contribution is 0.0768. The van der Waals surface area contributed by atoms with E-state index in [4.69, 9.17) is 4.74 Å².